The van der Waals surface area contributed by atoms with E-state index in [9.17, 15) is 4.79 Å². The van der Waals surface area contributed by atoms with Gasteiger partial charge in [0.2, 0.25) is 0 Å². The van der Waals surface area contributed by atoms with E-state index in [0.29, 0.717) is 29.6 Å². The van der Waals surface area contributed by atoms with E-state index in [0.717, 1.165) is 11.3 Å². The molecule has 0 unspecified atom stereocenters. The largest absolute Gasteiger partial charge is 0.493 e. The van der Waals surface area contributed by atoms with Crippen molar-refractivity contribution < 1.29 is 14.3 Å². The number of carbonyl (C=O) groups is 1. The number of benzene rings is 2. The first-order valence-corrected chi connectivity index (χ1v) is 8.10. The van der Waals surface area contributed by atoms with E-state index >= 15 is 0 Å². The summed E-state index contributed by atoms with van der Waals surface area (Å²) in [6.07, 6.45) is 0. The van der Waals surface area contributed by atoms with Gasteiger partial charge in [-0.3, -0.25) is 4.79 Å². The molecule has 1 amide bonds. The predicted molar refractivity (Wildman–Crippen MR) is 97.2 cm³/mol. The number of carbonyl (C=O) groups excluding carboxylic acids is 1. The standard InChI is InChI=1S/C20H25NO3/c1-13(2)12-24-18-9-7-16(11-19(18)23-5)20(22)21-17-8-6-14(3)10-15(17)4/h6-11,13H,12H2,1-5H3,(H,21,22). The minimum Gasteiger partial charge on any atom is -0.493 e. The molecule has 0 radical (unpaired) electrons. The maximum atomic E-state index is 12.5. The third-order valence-corrected chi connectivity index (χ3v) is 3.63. The SMILES string of the molecule is COc1cc(C(=O)Nc2ccc(C)cc2C)ccc1OCC(C)C. The van der Waals surface area contributed by atoms with Gasteiger partial charge in [-0.2, -0.15) is 0 Å². The summed E-state index contributed by atoms with van der Waals surface area (Å²) in [4.78, 5) is 12.5. The molecule has 4 heteroatoms. The lowest BCUT2D eigenvalue weighted by Gasteiger charge is -2.14. The fourth-order valence-corrected chi connectivity index (χ4v) is 2.33. The molecule has 4 nitrogen and oxygen atoms in total. The molecule has 24 heavy (non-hydrogen) atoms. The second kappa shape index (κ2) is 7.86. The fraction of sp³-hybridized carbons (Fsp3) is 0.350. The van der Waals surface area contributed by atoms with Crippen molar-refractivity contribution in [2.24, 2.45) is 5.92 Å². The van der Waals surface area contributed by atoms with E-state index in [-0.39, 0.29) is 5.91 Å². The van der Waals surface area contributed by atoms with Crippen LogP contribution in [0.5, 0.6) is 11.5 Å². The molecule has 0 aliphatic carbocycles. The molecule has 0 spiro atoms. The maximum Gasteiger partial charge on any atom is 0.255 e. The van der Waals surface area contributed by atoms with Crippen LogP contribution in [0.3, 0.4) is 0 Å². The lowest BCUT2D eigenvalue weighted by atomic mass is 10.1. The Hall–Kier alpha value is -2.49. The summed E-state index contributed by atoms with van der Waals surface area (Å²) in [6, 6.07) is 11.2. The molecule has 0 saturated carbocycles. The van der Waals surface area contributed by atoms with E-state index in [2.05, 4.69) is 19.2 Å². The Labute approximate surface area is 143 Å². The topological polar surface area (TPSA) is 47.6 Å². The predicted octanol–water partition coefficient (Wildman–Crippen LogP) is 4.60. The second-order valence-electron chi connectivity index (χ2n) is 6.34. The Morgan fingerprint density at radius 1 is 1.08 bits per heavy atom. The van der Waals surface area contributed by atoms with Crippen LogP contribution in [0.4, 0.5) is 5.69 Å². The highest BCUT2D eigenvalue weighted by Gasteiger charge is 2.13. The van der Waals surface area contributed by atoms with Gasteiger partial charge in [0.05, 0.1) is 13.7 Å². The van der Waals surface area contributed by atoms with Crippen LogP contribution in [-0.2, 0) is 0 Å². The van der Waals surface area contributed by atoms with Gasteiger partial charge in [-0.05, 0) is 49.6 Å². The second-order valence-corrected chi connectivity index (χ2v) is 6.34. The van der Waals surface area contributed by atoms with Gasteiger partial charge >= 0.3 is 0 Å². The van der Waals surface area contributed by atoms with Gasteiger partial charge < -0.3 is 14.8 Å². The zero-order chi connectivity index (χ0) is 17.7. The normalized spacial score (nSPS) is 10.6. The summed E-state index contributed by atoms with van der Waals surface area (Å²) in [6.45, 7) is 8.77. The fourth-order valence-electron chi connectivity index (χ4n) is 2.33. The molecule has 0 saturated heterocycles. The summed E-state index contributed by atoms with van der Waals surface area (Å²) < 4.78 is 11.1. The van der Waals surface area contributed by atoms with E-state index in [4.69, 9.17) is 9.47 Å². The number of rotatable bonds is 6. The van der Waals surface area contributed by atoms with Crippen molar-refractivity contribution in [1.82, 2.24) is 0 Å². The minimum absolute atomic E-state index is 0.171. The highest BCUT2D eigenvalue weighted by Crippen LogP contribution is 2.29. The van der Waals surface area contributed by atoms with Crippen molar-refractivity contribution in [1.29, 1.82) is 0 Å². The van der Waals surface area contributed by atoms with Crippen LogP contribution in [0.2, 0.25) is 0 Å². The smallest absolute Gasteiger partial charge is 0.255 e. The summed E-state index contributed by atoms with van der Waals surface area (Å²) in [5, 5.41) is 2.94. The average Bonchev–Trinajstić information content (AvgIpc) is 2.55. The molecule has 1 N–H and O–H groups in total. The molecular formula is C20H25NO3. The van der Waals surface area contributed by atoms with Gasteiger partial charge in [-0.15, -0.1) is 0 Å². The molecule has 2 rings (SSSR count). The van der Waals surface area contributed by atoms with Crippen molar-refractivity contribution >= 4 is 11.6 Å². The minimum atomic E-state index is -0.171. The van der Waals surface area contributed by atoms with Crippen LogP contribution in [0.15, 0.2) is 36.4 Å². The van der Waals surface area contributed by atoms with Gasteiger partial charge in [0.25, 0.3) is 5.91 Å². The molecule has 0 aliphatic heterocycles. The monoisotopic (exact) mass is 327 g/mol. The van der Waals surface area contributed by atoms with Crippen LogP contribution in [0, 0.1) is 19.8 Å². The highest BCUT2D eigenvalue weighted by atomic mass is 16.5. The number of nitrogens with one attached hydrogen (secondary N) is 1. The van der Waals surface area contributed by atoms with Crippen LogP contribution in [-0.4, -0.2) is 19.6 Å². The molecule has 0 fully saturated rings. The Bertz CT molecular complexity index is 723. The van der Waals surface area contributed by atoms with Crippen molar-refractivity contribution in [2.75, 3.05) is 19.0 Å². The van der Waals surface area contributed by atoms with Crippen LogP contribution < -0.4 is 14.8 Å². The first kappa shape index (κ1) is 17.9. The zero-order valence-corrected chi connectivity index (χ0v) is 15.0. The Balaban J connectivity index is 2.17. The summed E-state index contributed by atoms with van der Waals surface area (Å²) >= 11 is 0. The van der Waals surface area contributed by atoms with E-state index in [1.165, 1.54) is 5.56 Å². The van der Waals surface area contributed by atoms with Gasteiger partial charge in [-0.25, -0.2) is 0 Å². The Kier molecular flexibility index (Phi) is 5.85. The highest BCUT2D eigenvalue weighted by molar-refractivity contribution is 6.05. The van der Waals surface area contributed by atoms with E-state index < -0.39 is 0 Å². The van der Waals surface area contributed by atoms with Gasteiger partial charge in [0.1, 0.15) is 0 Å². The molecule has 0 bridgehead atoms. The molecule has 0 atom stereocenters. The molecule has 2 aromatic rings. The van der Waals surface area contributed by atoms with Crippen LogP contribution in [0.25, 0.3) is 0 Å². The summed E-state index contributed by atoms with van der Waals surface area (Å²) in [5.41, 5.74) is 3.54. The quantitative estimate of drug-likeness (QED) is 0.843. The van der Waals surface area contributed by atoms with Gasteiger partial charge in [0.15, 0.2) is 11.5 Å². The lowest BCUT2D eigenvalue weighted by molar-refractivity contribution is 0.102. The molecule has 0 aromatic heterocycles. The third-order valence-electron chi connectivity index (χ3n) is 3.63. The third kappa shape index (κ3) is 4.51. The van der Waals surface area contributed by atoms with Crippen molar-refractivity contribution in [3.63, 3.8) is 0 Å². The number of ether oxygens (including phenoxy) is 2. The number of anilines is 1. The van der Waals surface area contributed by atoms with Gasteiger partial charge in [-0.1, -0.05) is 31.5 Å². The van der Waals surface area contributed by atoms with Crippen molar-refractivity contribution in [3.05, 3.63) is 53.1 Å². The molecule has 0 heterocycles. The van der Waals surface area contributed by atoms with Gasteiger partial charge in [0, 0.05) is 11.3 Å². The Morgan fingerprint density at radius 2 is 1.83 bits per heavy atom. The van der Waals surface area contributed by atoms with Crippen molar-refractivity contribution in [3.8, 4) is 11.5 Å². The first-order valence-electron chi connectivity index (χ1n) is 8.10. The lowest BCUT2D eigenvalue weighted by Crippen LogP contribution is -2.13. The molecule has 2 aromatic carbocycles. The van der Waals surface area contributed by atoms with Crippen LogP contribution in [0.1, 0.15) is 35.3 Å². The van der Waals surface area contributed by atoms with E-state index in [1.807, 2.05) is 32.0 Å². The zero-order valence-electron chi connectivity index (χ0n) is 15.0. The van der Waals surface area contributed by atoms with Crippen molar-refractivity contribution in [2.45, 2.75) is 27.7 Å². The molecule has 128 valence electrons. The number of methoxy groups -OCH3 is 1. The Morgan fingerprint density at radius 3 is 2.46 bits per heavy atom. The maximum absolute atomic E-state index is 12.5. The number of hydrogen-bond acceptors (Lipinski definition) is 3. The summed E-state index contributed by atoms with van der Waals surface area (Å²) in [5.74, 6) is 1.45. The first-order chi connectivity index (χ1) is 11.4. The number of amides is 1. The molecule has 0 aliphatic rings. The average molecular weight is 327 g/mol. The number of hydrogen-bond donors (Lipinski definition) is 1. The summed E-state index contributed by atoms with van der Waals surface area (Å²) in [7, 11) is 1.57. The van der Waals surface area contributed by atoms with E-state index in [1.54, 1.807) is 25.3 Å². The molecular weight excluding hydrogens is 302 g/mol. The van der Waals surface area contributed by atoms with Crippen LogP contribution >= 0.6 is 0 Å². The number of aryl methyl sites for hydroxylation is 2.